The van der Waals surface area contributed by atoms with Crippen LogP contribution in [0.4, 0.5) is 0 Å². The Morgan fingerprint density at radius 3 is 2.64 bits per heavy atom. The number of hydrogen-bond donors (Lipinski definition) is 0. The molecule has 4 aromatic heterocycles. The summed E-state index contributed by atoms with van der Waals surface area (Å²) in [5.41, 5.74) is 4.38. The van der Waals surface area contributed by atoms with Crippen molar-refractivity contribution in [2.24, 2.45) is 0 Å². The van der Waals surface area contributed by atoms with Gasteiger partial charge in [0.2, 0.25) is 0 Å². The predicted octanol–water partition coefficient (Wildman–Crippen LogP) is 3.45. The molecule has 1 aromatic carbocycles. The molecule has 0 atom stereocenters. The summed E-state index contributed by atoms with van der Waals surface area (Å²) in [5, 5.41) is 13.8. The topological polar surface area (TPSA) is 78.0 Å². The van der Waals surface area contributed by atoms with Crippen molar-refractivity contribution in [3.8, 4) is 16.8 Å². The quantitative estimate of drug-likeness (QED) is 0.463. The van der Waals surface area contributed by atoms with Crippen LogP contribution in [-0.4, -0.2) is 29.4 Å². The lowest BCUT2D eigenvalue weighted by molar-refractivity contribution is 0.905. The van der Waals surface area contributed by atoms with Crippen molar-refractivity contribution in [2.45, 2.75) is 6.92 Å². The Bertz CT molecular complexity index is 1410. The lowest BCUT2D eigenvalue weighted by atomic mass is 10.1. The van der Waals surface area contributed by atoms with Gasteiger partial charge in [0, 0.05) is 23.6 Å². The Morgan fingerprint density at radius 1 is 1.04 bits per heavy atom. The highest BCUT2D eigenvalue weighted by atomic mass is 35.5. The maximum Gasteiger partial charge on any atom is 0.285 e. The van der Waals surface area contributed by atoms with E-state index in [9.17, 15) is 4.79 Å². The summed E-state index contributed by atoms with van der Waals surface area (Å²) >= 11 is 6.14. The van der Waals surface area contributed by atoms with Crippen molar-refractivity contribution in [1.82, 2.24) is 29.4 Å². The van der Waals surface area contributed by atoms with Crippen molar-refractivity contribution in [1.29, 1.82) is 0 Å². The molecule has 0 fully saturated rings. The first-order valence-electron chi connectivity index (χ1n) is 8.57. The SMILES string of the molecule is Cc1nn2c(nnc3c(=O)n(-c4ccncc4)ccc32)c1-c1cccc(Cl)c1. The lowest BCUT2D eigenvalue weighted by Gasteiger charge is -2.07. The molecular formula is C20H13ClN6O. The highest BCUT2D eigenvalue weighted by Crippen LogP contribution is 2.29. The van der Waals surface area contributed by atoms with E-state index in [1.807, 2.05) is 37.3 Å². The molecule has 7 nitrogen and oxygen atoms in total. The van der Waals surface area contributed by atoms with Crippen LogP contribution in [0.25, 0.3) is 33.5 Å². The maximum absolute atomic E-state index is 13.0. The Morgan fingerprint density at radius 2 is 1.86 bits per heavy atom. The van der Waals surface area contributed by atoms with Crippen molar-refractivity contribution in [3.05, 3.63) is 82.1 Å². The highest BCUT2D eigenvalue weighted by molar-refractivity contribution is 6.30. The second kappa shape index (κ2) is 6.24. The van der Waals surface area contributed by atoms with Crippen LogP contribution in [0, 0.1) is 6.92 Å². The van der Waals surface area contributed by atoms with Crippen molar-refractivity contribution >= 4 is 28.3 Å². The molecule has 0 aliphatic rings. The van der Waals surface area contributed by atoms with Gasteiger partial charge in [0.1, 0.15) is 5.52 Å². The van der Waals surface area contributed by atoms with E-state index < -0.39 is 0 Å². The fourth-order valence-electron chi connectivity index (χ4n) is 3.34. The Hall–Kier alpha value is -3.58. The highest BCUT2D eigenvalue weighted by Gasteiger charge is 2.17. The first-order valence-corrected chi connectivity index (χ1v) is 8.95. The van der Waals surface area contributed by atoms with Gasteiger partial charge in [0.15, 0.2) is 11.2 Å². The van der Waals surface area contributed by atoms with Crippen molar-refractivity contribution in [2.75, 3.05) is 0 Å². The Kier molecular flexibility index (Phi) is 3.70. The van der Waals surface area contributed by atoms with E-state index in [-0.39, 0.29) is 11.1 Å². The zero-order chi connectivity index (χ0) is 19.3. The summed E-state index contributed by atoms with van der Waals surface area (Å²) < 4.78 is 3.17. The van der Waals surface area contributed by atoms with E-state index in [1.165, 1.54) is 4.57 Å². The summed E-state index contributed by atoms with van der Waals surface area (Å²) in [5.74, 6) is 0. The molecule has 0 radical (unpaired) electrons. The van der Waals surface area contributed by atoms with Crippen LogP contribution in [0.3, 0.4) is 0 Å². The van der Waals surface area contributed by atoms with Crippen LogP contribution in [0.15, 0.2) is 65.8 Å². The average Bonchev–Trinajstić information content (AvgIpc) is 3.05. The molecule has 5 rings (SSSR count). The fourth-order valence-corrected chi connectivity index (χ4v) is 3.53. The van der Waals surface area contributed by atoms with Gasteiger partial charge in [-0.1, -0.05) is 23.7 Å². The number of nitrogens with zero attached hydrogens (tertiary/aromatic N) is 6. The molecule has 4 heterocycles. The number of pyridine rings is 2. The lowest BCUT2D eigenvalue weighted by Crippen LogP contribution is -2.20. The molecule has 0 aliphatic heterocycles. The van der Waals surface area contributed by atoms with Gasteiger partial charge in [0.05, 0.1) is 16.9 Å². The van der Waals surface area contributed by atoms with Crippen molar-refractivity contribution < 1.29 is 0 Å². The third-order valence-corrected chi connectivity index (χ3v) is 4.84. The fraction of sp³-hybridized carbons (Fsp3) is 0.0500. The summed E-state index contributed by atoms with van der Waals surface area (Å²) in [4.78, 5) is 16.9. The van der Waals surface area contributed by atoms with E-state index in [0.29, 0.717) is 21.9 Å². The minimum Gasteiger partial charge on any atom is -0.282 e. The summed E-state index contributed by atoms with van der Waals surface area (Å²) in [6.07, 6.45) is 4.97. The third kappa shape index (κ3) is 2.48. The zero-order valence-electron chi connectivity index (χ0n) is 14.7. The summed E-state index contributed by atoms with van der Waals surface area (Å²) in [6.45, 7) is 1.90. The standard InChI is InChI=1S/C20H13ClN6O/c1-12-17(13-3-2-4-14(21)11-13)19-24-23-18-16(27(19)25-12)7-10-26(20(18)28)15-5-8-22-9-6-15/h2-11H,1H3. The summed E-state index contributed by atoms with van der Waals surface area (Å²) in [6, 6.07) is 12.8. The number of fused-ring (bicyclic) bond motifs is 3. The molecule has 0 bridgehead atoms. The third-order valence-electron chi connectivity index (χ3n) is 4.61. The number of benzene rings is 1. The summed E-state index contributed by atoms with van der Waals surface area (Å²) in [7, 11) is 0. The Labute approximate surface area is 163 Å². The van der Waals surface area contributed by atoms with E-state index in [1.54, 1.807) is 35.2 Å². The smallest absolute Gasteiger partial charge is 0.282 e. The molecule has 136 valence electrons. The maximum atomic E-state index is 13.0. The first-order chi connectivity index (χ1) is 13.6. The van der Waals surface area contributed by atoms with Gasteiger partial charge < -0.3 is 0 Å². The van der Waals surface area contributed by atoms with Crippen LogP contribution in [0.1, 0.15) is 5.69 Å². The second-order valence-corrected chi connectivity index (χ2v) is 6.77. The van der Waals surface area contributed by atoms with E-state index in [2.05, 4.69) is 20.3 Å². The van der Waals surface area contributed by atoms with Crippen LogP contribution in [0.5, 0.6) is 0 Å². The predicted molar refractivity (Wildman–Crippen MR) is 107 cm³/mol. The van der Waals surface area contributed by atoms with E-state index >= 15 is 0 Å². The number of hydrogen-bond acceptors (Lipinski definition) is 5. The van der Waals surface area contributed by atoms with Gasteiger partial charge in [-0.3, -0.25) is 14.3 Å². The van der Waals surface area contributed by atoms with Gasteiger partial charge in [-0.15, -0.1) is 10.2 Å². The van der Waals surface area contributed by atoms with Crippen molar-refractivity contribution in [3.63, 3.8) is 0 Å². The van der Waals surface area contributed by atoms with E-state index in [4.69, 9.17) is 11.6 Å². The number of aryl methyl sites for hydroxylation is 1. The van der Waals surface area contributed by atoms with Crippen LogP contribution in [0.2, 0.25) is 5.02 Å². The molecule has 28 heavy (non-hydrogen) atoms. The molecule has 0 unspecified atom stereocenters. The molecule has 0 saturated heterocycles. The molecule has 0 spiro atoms. The molecule has 8 heteroatoms. The average molecular weight is 389 g/mol. The second-order valence-electron chi connectivity index (χ2n) is 6.34. The van der Waals surface area contributed by atoms with E-state index in [0.717, 1.165) is 16.8 Å². The van der Waals surface area contributed by atoms with Gasteiger partial charge >= 0.3 is 0 Å². The largest absolute Gasteiger partial charge is 0.285 e. The molecule has 0 amide bonds. The number of aromatic nitrogens is 6. The molecule has 0 aliphatic carbocycles. The monoisotopic (exact) mass is 388 g/mol. The molecule has 0 N–H and O–H groups in total. The van der Waals surface area contributed by atoms with Crippen LogP contribution >= 0.6 is 11.6 Å². The van der Waals surface area contributed by atoms with Gasteiger partial charge in [0.25, 0.3) is 5.56 Å². The van der Waals surface area contributed by atoms with Gasteiger partial charge in [-0.05, 0) is 42.8 Å². The minimum absolute atomic E-state index is 0.243. The molecular weight excluding hydrogens is 376 g/mol. The molecule has 0 saturated carbocycles. The van der Waals surface area contributed by atoms with Crippen LogP contribution < -0.4 is 5.56 Å². The first kappa shape index (κ1) is 16.6. The molecule has 5 aromatic rings. The zero-order valence-corrected chi connectivity index (χ0v) is 15.5. The number of halogens is 1. The number of rotatable bonds is 2. The normalized spacial score (nSPS) is 11.4. The Balaban J connectivity index is 1.79. The minimum atomic E-state index is -0.268. The van der Waals surface area contributed by atoms with Crippen LogP contribution in [-0.2, 0) is 0 Å². The van der Waals surface area contributed by atoms with Gasteiger partial charge in [-0.25, -0.2) is 4.52 Å². The van der Waals surface area contributed by atoms with Gasteiger partial charge in [-0.2, -0.15) is 5.10 Å².